The topological polar surface area (TPSA) is 203 Å². The number of nitrogens with two attached hydrogens (primary N) is 1. The van der Waals surface area contributed by atoms with Crippen molar-refractivity contribution in [1.29, 1.82) is 0 Å². The minimum Gasteiger partial charge on any atom is -0.481 e. The smallest absolute Gasteiger partial charge is 0.404 e. The molecule has 1 aromatic rings. The lowest BCUT2D eigenvalue weighted by Crippen LogP contribution is -2.74. The summed E-state index contributed by atoms with van der Waals surface area (Å²) in [6, 6.07) is -0.938. The molecule has 14 nitrogen and oxygen atoms in total. The SMILES string of the molecule is NC(=O)OCC1(C(=O)O)CS[C@@H]2C(NC(=O)C(=NOC3C=CCCC3)c3csc(NC=O)n3)C(=O)N2C1. The number of hydrogen-bond acceptors (Lipinski definition) is 11. The summed E-state index contributed by atoms with van der Waals surface area (Å²) in [5, 5.41) is 20.0. The molecule has 0 spiro atoms. The third kappa shape index (κ3) is 5.69. The molecule has 0 aromatic carbocycles. The fraction of sp³-hybridized carbons (Fsp3) is 0.476. The molecule has 1 aliphatic carbocycles. The number of β-lactam (4-membered cyclic amide) rings is 1. The van der Waals surface area contributed by atoms with E-state index in [0.717, 1.165) is 42.4 Å². The molecule has 37 heavy (non-hydrogen) atoms. The Hall–Kier alpha value is -3.66. The maximum atomic E-state index is 13.2. The normalized spacial score (nSPS) is 26.9. The number of hydrogen-bond donors (Lipinski definition) is 4. The van der Waals surface area contributed by atoms with Crippen molar-refractivity contribution in [3.05, 3.63) is 23.2 Å². The number of anilines is 1. The maximum absolute atomic E-state index is 13.2. The molecule has 0 saturated carbocycles. The zero-order valence-corrected chi connectivity index (χ0v) is 21.0. The van der Waals surface area contributed by atoms with Crippen LogP contribution in [0.5, 0.6) is 0 Å². The lowest BCUT2D eigenvalue weighted by molar-refractivity contribution is -0.160. The van der Waals surface area contributed by atoms with Gasteiger partial charge in [-0.15, -0.1) is 23.1 Å². The number of nitrogens with one attached hydrogen (secondary N) is 2. The minimum absolute atomic E-state index is 0.0291. The first-order valence-electron chi connectivity index (χ1n) is 11.2. The van der Waals surface area contributed by atoms with Gasteiger partial charge in [-0.1, -0.05) is 11.2 Å². The molecule has 2 fully saturated rings. The number of thioether (sulfide) groups is 1. The number of ether oxygens (including phenoxy) is 1. The molecule has 3 unspecified atom stereocenters. The van der Waals surface area contributed by atoms with Crippen LogP contribution in [0.1, 0.15) is 25.0 Å². The predicted octanol–water partition coefficient (Wildman–Crippen LogP) is 0.107. The van der Waals surface area contributed by atoms with E-state index < -0.39 is 47.3 Å². The van der Waals surface area contributed by atoms with Gasteiger partial charge < -0.3 is 35.9 Å². The molecule has 0 bridgehead atoms. The van der Waals surface area contributed by atoms with Gasteiger partial charge in [-0.25, -0.2) is 9.78 Å². The summed E-state index contributed by atoms with van der Waals surface area (Å²) < 4.78 is 4.73. The van der Waals surface area contributed by atoms with Gasteiger partial charge in [0.15, 0.2) is 10.8 Å². The van der Waals surface area contributed by atoms with E-state index in [1.807, 2.05) is 12.2 Å². The van der Waals surface area contributed by atoms with Gasteiger partial charge >= 0.3 is 12.1 Å². The quantitative estimate of drug-likeness (QED) is 0.101. The fourth-order valence-corrected chi connectivity index (χ4v) is 6.20. The average Bonchev–Trinajstić information content (AvgIpc) is 3.34. The number of thiazole rings is 1. The van der Waals surface area contributed by atoms with E-state index in [9.17, 15) is 29.1 Å². The molecule has 3 heterocycles. The van der Waals surface area contributed by atoms with Crippen molar-refractivity contribution < 1.29 is 38.7 Å². The molecular weight excluding hydrogens is 528 g/mol. The van der Waals surface area contributed by atoms with Crippen molar-refractivity contribution in [2.45, 2.75) is 36.8 Å². The Labute approximate surface area is 218 Å². The molecule has 0 radical (unpaired) electrons. The zero-order valence-electron chi connectivity index (χ0n) is 19.3. The Morgan fingerprint density at radius 1 is 1.41 bits per heavy atom. The van der Waals surface area contributed by atoms with Crippen LogP contribution < -0.4 is 16.4 Å². The minimum atomic E-state index is -1.52. The number of oxime groups is 1. The first-order valence-corrected chi connectivity index (χ1v) is 13.1. The Morgan fingerprint density at radius 2 is 2.22 bits per heavy atom. The number of carbonyl (C=O) groups is 5. The lowest BCUT2D eigenvalue weighted by Gasteiger charge is -2.53. The number of carboxylic acids is 1. The van der Waals surface area contributed by atoms with E-state index in [0.29, 0.717) is 6.41 Å². The molecule has 4 atom stereocenters. The molecule has 3 aliphatic rings. The van der Waals surface area contributed by atoms with Gasteiger partial charge in [0.1, 0.15) is 35.2 Å². The molecule has 4 rings (SSSR count). The van der Waals surface area contributed by atoms with Crippen molar-refractivity contribution >= 4 is 64.2 Å². The van der Waals surface area contributed by atoms with Crippen LogP contribution in [0, 0.1) is 5.41 Å². The van der Waals surface area contributed by atoms with Crippen molar-refractivity contribution in [2.24, 2.45) is 16.3 Å². The standard InChI is InChI=1S/C21H24N6O8S2/c22-19(33)34-8-21(18(31)32)7-27-16(30)14(17(27)37-9-21)25-15(29)13(12-6-36-20(24-12)23-10-28)26-35-11-4-2-1-3-5-11/h2,4,6,10-11,14,17H,1,3,5,7-9H2,(H2,22,33)(H,25,29)(H,31,32)(H,23,24,28)/t11?,14?,17-,21?/m1/s1. The summed E-state index contributed by atoms with van der Waals surface area (Å²) in [5.74, 6) is -2.41. The van der Waals surface area contributed by atoms with Crippen molar-refractivity contribution in [1.82, 2.24) is 15.2 Å². The van der Waals surface area contributed by atoms with Crippen LogP contribution in [-0.4, -0.2) is 87.4 Å². The Kier molecular flexibility index (Phi) is 7.97. The number of amides is 4. The highest BCUT2D eigenvalue weighted by atomic mass is 32.2. The summed E-state index contributed by atoms with van der Waals surface area (Å²) in [6.07, 6.45) is 5.41. The maximum Gasteiger partial charge on any atom is 0.404 e. The Bertz CT molecular complexity index is 1160. The van der Waals surface area contributed by atoms with Crippen LogP contribution in [0.4, 0.5) is 9.93 Å². The van der Waals surface area contributed by atoms with E-state index in [1.165, 1.54) is 10.3 Å². The predicted molar refractivity (Wildman–Crippen MR) is 132 cm³/mol. The first kappa shape index (κ1) is 26.4. The van der Waals surface area contributed by atoms with E-state index in [4.69, 9.17) is 15.3 Å². The number of carboxylic acid groups (broad SMARTS) is 1. The monoisotopic (exact) mass is 552 g/mol. The van der Waals surface area contributed by atoms with Crippen LogP contribution in [-0.2, 0) is 28.8 Å². The summed E-state index contributed by atoms with van der Waals surface area (Å²) in [5.41, 5.74) is 3.44. The fourth-order valence-electron chi connectivity index (χ4n) is 4.02. The van der Waals surface area contributed by atoms with Crippen molar-refractivity contribution in [3.63, 3.8) is 0 Å². The average molecular weight is 553 g/mol. The second-order valence-electron chi connectivity index (χ2n) is 8.55. The third-order valence-electron chi connectivity index (χ3n) is 6.01. The van der Waals surface area contributed by atoms with Crippen molar-refractivity contribution in [2.75, 3.05) is 24.2 Å². The lowest BCUT2D eigenvalue weighted by atomic mass is 9.88. The molecule has 5 N–H and O–H groups in total. The number of aliphatic carboxylic acids is 1. The number of carbonyl (C=O) groups excluding carboxylic acids is 4. The van der Waals surface area contributed by atoms with Gasteiger partial charge in [0.05, 0.1) is 0 Å². The Balaban J connectivity index is 1.47. The molecule has 1 aromatic heterocycles. The largest absolute Gasteiger partial charge is 0.481 e. The van der Waals surface area contributed by atoms with Gasteiger partial charge in [-0.3, -0.25) is 19.2 Å². The van der Waals surface area contributed by atoms with Crippen LogP contribution in [0.15, 0.2) is 22.7 Å². The van der Waals surface area contributed by atoms with Crippen LogP contribution in [0.3, 0.4) is 0 Å². The number of fused-ring (bicyclic) bond motifs is 1. The number of allylic oxidation sites excluding steroid dienone is 1. The third-order valence-corrected chi connectivity index (χ3v) is 8.37. The van der Waals surface area contributed by atoms with Crippen LogP contribution in [0.2, 0.25) is 0 Å². The van der Waals surface area contributed by atoms with E-state index in [1.54, 1.807) is 0 Å². The summed E-state index contributed by atoms with van der Waals surface area (Å²) in [7, 11) is 0. The number of rotatable bonds is 10. The highest BCUT2D eigenvalue weighted by molar-refractivity contribution is 8.00. The second kappa shape index (κ2) is 11.2. The number of aromatic nitrogens is 1. The molecular formula is C21H24N6O8S2. The first-order chi connectivity index (χ1) is 17.7. The zero-order chi connectivity index (χ0) is 26.6. The molecule has 16 heteroatoms. The molecule has 4 amide bonds. The van der Waals surface area contributed by atoms with Crippen molar-refractivity contribution in [3.8, 4) is 0 Å². The van der Waals surface area contributed by atoms with E-state index >= 15 is 0 Å². The second-order valence-corrected chi connectivity index (χ2v) is 10.5. The summed E-state index contributed by atoms with van der Waals surface area (Å²) in [6.45, 7) is -0.688. The summed E-state index contributed by atoms with van der Waals surface area (Å²) in [4.78, 5) is 70.8. The van der Waals surface area contributed by atoms with Crippen LogP contribution >= 0.6 is 23.1 Å². The van der Waals surface area contributed by atoms with Gasteiger partial charge in [0.25, 0.3) is 5.91 Å². The highest BCUT2D eigenvalue weighted by Gasteiger charge is 2.58. The van der Waals surface area contributed by atoms with Gasteiger partial charge in [-0.2, -0.15) is 0 Å². The summed E-state index contributed by atoms with van der Waals surface area (Å²) >= 11 is 2.23. The highest BCUT2D eigenvalue weighted by Crippen LogP contribution is 2.42. The van der Waals surface area contributed by atoms with Crippen LogP contribution in [0.25, 0.3) is 0 Å². The van der Waals surface area contributed by atoms with Gasteiger partial charge in [-0.05, 0) is 25.3 Å². The van der Waals surface area contributed by atoms with E-state index in [-0.39, 0.29) is 34.9 Å². The molecule has 198 valence electrons. The van der Waals surface area contributed by atoms with E-state index in [2.05, 4.69) is 20.8 Å². The Morgan fingerprint density at radius 3 is 2.89 bits per heavy atom. The van der Waals surface area contributed by atoms with Gasteiger partial charge in [0, 0.05) is 17.7 Å². The van der Waals surface area contributed by atoms with Gasteiger partial charge in [0.2, 0.25) is 12.3 Å². The molecule has 2 aliphatic heterocycles. The molecule has 2 saturated heterocycles. The number of primary amides is 1. The number of nitrogens with zero attached hydrogens (tertiary/aromatic N) is 3.